The summed E-state index contributed by atoms with van der Waals surface area (Å²) >= 11 is 3.49. The zero-order valence-electron chi connectivity index (χ0n) is 18.3. The van der Waals surface area contributed by atoms with Crippen LogP contribution >= 0.6 is 15.9 Å². The highest BCUT2D eigenvalue weighted by atomic mass is 79.9. The minimum absolute atomic E-state index is 0.257. The molecular formula is C27H23BrN2O4. The van der Waals surface area contributed by atoms with Crippen LogP contribution in [0, 0.1) is 0 Å². The highest BCUT2D eigenvalue weighted by Gasteiger charge is 2.15. The summed E-state index contributed by atoms with van der Waals surface area (Å²) in [4.78, 5) is 25.5. The normalized spacial score (nSPS) is 10.5. The maximum atomic E-state index is 12.9. The van der Waals surface area contributed by atoms with E-state index in [1.54, 1.807) is 60.9 Å². The number of carbonyl (C=O) groups excluding carboxylic acids is 2. The molecule has 0 saturated carbocycles. The second-order valence-electron chi connectivity index (χ2n) is 7.49. The fraction of sp³-hybridized carbons (Fsp3) is 0.111. The van der Waals surface area contributed by atoms with E-state index in [2.05, 4.69) is 38.7 Å². The number of para-hydroxylation sites is 1. The number of carbonyl (C=O) groups is 2. The molecule has 0 bridgehead atoms. The van der Waals surface area contributed by atoms with E-state index in [4.69, 9.17) is 9.15 Å². The average molecular weight is 519 g/mol. The summed E-state index contributed by atoms with van der Waals surface area (Å²) in [7, 11) is 0. The monoisotopic (exact) mass is 518 g/mol. The van der Waals surface area contributed by atoms with E-state index in [-0.39, 0.29) is 18.4 Å². The van der Waals surface area contributed by atoms with Crippen LogP contribution in [0.5, 0.6) is 5.75 Å². The van der Waals surface area contributed by atoms with Crippen LogP contribution in [0.15, 0.2) is 100 Å². The SMILES string of the molecule is O=C(Nc1ccccc1C(=O)NCc1ccco1)c1ccc(OCCc2ccccc2)c(Br)c1. The fourth-order valence-corrected chi connectivity index (χ4v) is 3.84. The Morgan fingerprint density at radius 1 is 0.882 bits per heavy atom. The molecule has 6 nitrogen and oxygen atoms in total. The molecule has 1 heterocycles. The van der Waals surface area contributed by atoms with Crippen molar-refractivity contribution in [3.8, 4) is 5.75 Å². The minimum atomic E-state index is -0.331. The topological polar surface area (TPSA) is 80.6 Å². The van der Waals surface area contributed by atoms with E-state index in [0.29, 0.717) is 39.4 Å². The van der Waals surface area contributed by atoms with Crippen LogP contribution in [0.3, 0.4) is 0 Å². The molecule has 1 aromatic heterocycles. The number of amides is 2. The number of ether oxygens (including phenoxy) is 1. The van der Waals surface area contributed by atoms with Crippen molar-refractivity contribution in [3.05, 3.63) is 118 Å². The zero-order chi connectivity index (χ0) is 23.8. The molecule has 0 aliphatic rings. The Bertz CT molecular complexity index is 1260. The smallest absolute Gasteiger partial charge is 0.255 e. The van der Waals surface area contributed by atoms with Gasteiger partial charge in [0.15, 0.2) is 0 Å². The van der Waals surface area contributed by atoms with E-state index >= 15 is 0 Å². The van der Waals surface area contributed by atoms with Crippen LogP contribution in [0.1, 0.15) is 32.0 Å². The summed E-state index contributed by atoms with van der Waals surface area (Å²) in [5, 5.41) is 5.62. The van der Waals surface area contributed by atoms with Gasteiger partial charge in [0.1, 0.15) is 11.5 Å². The molecule has 34 heavy (non-hydrogen) atoms. The Morgan fingerprint density at radius 3 is 2.44 bits per heavy atom. The summed E-state index contributed by atoms with van der Waals surface area (Å²) in [5.74, 6) is 0.662. The lowest BCUT2D eigenvalue weighted by Gasteiger charge is -2.12. The number of benzene rings is 3. The van der Waals surface area contributed by atoms with Crippen LogP contribution in [0.25, 0.3) is 0 Å². The maximum Gasteiger partial charge on any atom is 0.255 e. The van der Waals surface area contributed by atoms with Crippen molar-refractivity contribution in [3.63, 3.8) is 0 Å². The third-order valence-corrected chi connectivity index (χ3v) is 5.73. The van der Waals surface area contributed by atoms with Gasteiger partial charge >= 0.3 is 0 Å². The van der Waals surface area contributed by atoms with Crippen LogP contribution in [-0.2, 0) is 13.0 Å². The lowest BCUT2D eigenvalue weighted by molar-refractivity contribution is 0.0949. The van der Waals surface area contributed by atoms with E-state index < -0.39 is 0 Å². The highest BCUT2D eigenvalue weighted by molar-refractivity contribution is 9.10. The van der Waals surface area contributed by atoms with Gasteiger partial charge in [0, 0.05) is 12.0 Å². The molecule has 0 saturated heterocycles. The van der Waals surface area contributed by atoms with Gasteiger partial charge in [-0.1, -0.05) is 42.5 Å². The van der Waals surface area contributed by atoms with Crippen molar-refractivity contribution in [1.29, 1.82) is 0 Å². The first kappa shape index (κ1) is 23.3. The van der Waals surface area contributed by atoms with E-state index in [1.165, 1.54) is 5.56 Å². The molecular weight excluding hydrogens is 496 g/mol. The first-order valence-corrected chi connectivity index (χ1v) is 11.6. The molecule has 0 fully saturated rings. The summed E-state index contributed by atoms with van der Waals surface area (Å²) in [6.45, 7) is 0.779. The molecule has 172 valence electrons. The van der Waals surface area contributed by atoms with Crippen LogP contribution in [0.2, 0.25) is 0 Å². The Hall–Kier alpha value is -3.84. The Balaban J connectivity index is 1.38. The van der Waals surface area contributed by atoms with Gasteiger partial charge < -0.3 is 19.8 Å². The van der Waals surface area contributed by atoms with Gasteiger partial charge in [0.05, 0.1) is 35.1 Å². The summed E-state index contributed by atoms with van der Waals surface area (Å²) in [5.41, 5.74) is 2.42. The van der Waals surface area contributed by atoms with Crippen molar-refractivity contribution in [2.24, 2.45) is 0 Å². The summed E-state index contributed by atoms with van der Waals surface area (Å²) in [6, 6.07) is 25.6. The number of halogens is 1. The second-order valence-corrected chi connectivity index (χ2v) is 8.35. The standard InChI is InChI=1S/C27H23BrN2O4/c28-23-17-20(12-13-25(23)34-16-14-19-7-2-1-3-8-19)26(31)30-24-11-5-4-10-22(24)27(32)29-18-21-9-6-15-33-21/h1-13,15,17H,14,16,18H2,(H,29,32)(H,30,31). The predicted molar refractivity (Wildman–Crippen MR) is 134 cm³/mol. The molecule has 0 radical (unpaired) electrons. The lowest BCUT2D eigenvalue weighted by Crippen LogP contribution is -2.24. The maximum absolute atomic E-state index is 12.9. The van der Waals surface area contributed by atoms with Gasteiger partial charge in [-0.3, -0.25) is 9.59 Å². The largest absolute Gasteiger partial charge is 0.492 e. The van der Waals surface area contributed by atoms with E-state index in [1.807, 2.05) is 18.2 Å². The Labute approximate surface area is 206 Å². The van der Waals surface area contributed by atoms with Crippen molar-refractivity contribution >= 4 is 33.4 Å². The van der Waals surface area contributed by atoms with Crippen molar-refractivity contribution in [1.82, 2.24) is 5.32 Å². The molecule has 3 aromatic carbocycles. The number of nitrogens with one attached hydrogen (secondary N) is 2. The fourth-order valence-electron chi connectivity index (χ4n) is 3.34. The van der Waals surface area contributed by atoms with Crippen LogP contribution in [-0.4, -0.2) is 18.4 Å². The number of rotatable bonds is 9. The molecule has 2 amide bonds. The summed E-state index contributed by atoms with van der Waals surface area (Å²) < 4.78 is 11.8. The van der Waals surface area contributed by atoms with Gasteiger partial charge in [-0.05, 0) is 64.0 Å². The Morgan fingerprint density at radius 2 is 1.68 bits per heavy atom. The lowest BCUT2D eigenvalue weighted by atomic mass is 10.1. The quantitative estimate of drug-likeness (QED) is 0.291. The molecule has 0 aliphatic heterocycles. The number of anilines is 1. The molecule has 0 atom stereocenters. The molecule has 0 unspecified atom stereocenters. The number of hydrogen-bond donors (Lipinski definition) is 2. The molecule has 7 heteroatoms. The van der Waals surface area contributed by atoms with E-state index in [0.717, 1.165) is 6.42 Å². The molecule has 4 aromatic rings. The Kier molecular flexibility index (Phi) is 7.78. The van der Waals surface area contributed by atoms with Gasteiger partial charge in [-0.15, -0.1) is 0 Å². The first-order valence-electron chi connectivity index (χ1n) is 10.8. The second kappa shape index (κ2) is 11.3. The first-order chi connectivity index (χ1) is 16.6. The van der Waals surface area contributed by atoms with Crippen molar-refractivity contribution in [2.75, 3.05) is 11.9 Å². The van der Waals surface area contributed by atoms with Gasteiger partial charge in [-0.25, -0.2) is 0 Å². The van der Waals surface area contributed by atoms with Crippen molar-refractivity contribution in [2.45, 2.75) is 13.0 Å². The van der Waals surface area contributed by atoms with Gasteiger partial charge in [0.2, 0.25) is 0 Å². The molecule has 2 N–H and O–H groups in total. The average Bonchev–Trinajstić information content (AvgIpc) is 3.38. The summed E-state index contributed by atoms with van der Waals surface area (Å²) in [6.07, 6.45) is 2.34. The van der Waals surface area contributed by atoms with Crippen molar-refractivity contribution < 1.29 is 18.7 Å². The molecule has 0 spiro atoms. The zero-order valence-corrected chi connectivity index (χ0v) is 19.9. The highest BCUT2D eigenvalue weighted by Crippen LogP contribution is 2.27. The third-order valence-electron chi connectivity index (χ3n) is 5.11. The third kappa shape index (κ3) is 6.14. The van der Waals surface area contributed by atoms with E-state index in [9.17, 15) is 9.59 Å². The van der Waals surface area contributed by atoms with Crippen LogP contribution < -0.4 is 15.4 Å². The van der Waals surface area contributed by atoms with Gasteiger partial charge in [0.25, 0.3) is 11.8 Å². The predicted octanol–water partition coefficient (Wildman–Crippen LogP) is 5.85. The van der Waals surface area contributed by atoms with Gasteiger partial charge in [-0.2, -0.15) is 0 Å². The minimum Gasteiger partial charge on any atom is -0.492 e. The number of furan rings is 1. The molecule has 0 aliphatic carbocycles. The van der Waals surface area contributed by atoms with Crippen LogP contribution in [0.4, 0.5) is 5.69 Å². The number of hydrogen-bond acceptors (Lipinski definition) is 4. The molecule has 4 rings (SSSR count).